The largest absolute Gasteiger partial charge is 0.501 e. The van der Waals surface area contributed by atoms with Gasteiger partial charge in [-0.2, -0.15) is 0 Å². The minimum atomic E-state index is 0.0168. The molecule has 1 aromatic rings. The minimum absolute atomic E-state index is 0.0168. The summed E-state index contributed by atoms with van der Waals surface area (Å²) in [6.45, 7) is 4.56. The van der Waals surface area contributed by atoms with Crippen molar-refractivity contribution >= 4 is 17.1 Å². The second-order valence-corrected chi connectivity index (χ2v) is 3.91. The van der Waals surface area contributed by atoms with Gasteiger partial charge < -0.3 is 4.74 Å². The monoisotopic (exact) mass is 210 g/mol. The highest BCUT2D eigenvalue weighted by molar-refractivity contribution is 7.14. The maximum Gasteiger partial charge on any atom is 0.198 e. The lowest BCUT2D eigenvalue weighted by Crippen LogP contribution is -1.90. The maximum absolute atomic E-state index is 11.5. The van der Waals surface area contributed by atoms with Crippen LogP contribution in [0.25, 0.3) is 0 Å². The molecule has 0 spiro atoms. The van der Waals surface area contributed by atoms with Gasteiger partial charge in [0.2, 0.25) is 0 Å². The van der Waals surface area contributed by atoms with Gasteiger partial charge in [0.05, 0.1) is 17.7 Å². The summed E-state index contributed by atoms with van der Waals surface area (Å²) >= 11 is 1.54. The summed E-state index contributed by atoms with van der Waals surface area (Å²) in [6.07, 6.45) is 3.90. The van der Waals surface area contributed by atoms with Crippen LogP contribution in [0.3, 0.4) is 0 Å². The molecule has 1 heterocycles. The van der Waals surface area contributed by atoms with Crippen molar-refractivity contribution in [2.75, 3.05) is 6.61 Å². The minimum Gasteiger partial charge on any atom is -0.501 e. The quantitative estimate of drug-likeness (QED) is 0.424. The fourth-order valence-electron chi connectivity index (χ4n) is 0.989. The van der Waals surface area contributed by atoms with Crippen LogP contribution in [0.1, 0.15) is 28.4 Å². The lowest BCUT2D eigenvalue weighted by Gasteiger charge is -1.91. The topological polar surface area (TPSA) is 26.3 Å². The third-order valence-corrected chi connectivity index (χ3v) is 2.98. The zero-order valence-corrected chi connectivity index (χ0v) is 9.26. The molecule has 14 heavy (non-hydrogen) atoms. The summed E-state index contributed by atoms with van der Waals surface area (Å²) in [5, 5.41) is 0. The molecule has 0 unspecified atom stereocenters. The number of ketones is 1. The number of thiophene rings is 1. The molecule has 3 heteroatoms. The van der Waals surface area contributed by atoms with E-state index in [1.165, 1.54) is 17.2 Å². The molecule has 0 bridgehead atoms. The molecule has 1 aromatic heterocycles. The first kappa shape index (κ1) is 11.0. The number of ether oxygens (including phenoxy) is 1. The number of hydrogen-bond donors (Lipinski definition) is 0. The molecular formula is C11H14O2S. The van der Waals surface area contributed by atoms with Crippen LogP contribution in [0.4, 0.5) is 0 Å². The lowest BCUT2D eigenvalue weighted by atomic mass is 10.3. The van der Waals surface area contributed by atoms with Crippen molar-refractivity contribution in [3.63, 3.8) is 0 Å². The standard InChI is InChI=1S/C11H14O2S/c1-3-9-5-6-11(14-9)10(12)7-8-13-4-2/h5-8H,3-4H2,1-2H3/b8-7+. The molecule has 0 aromatic carbocycles. The predicted molar refractivity (Wildman–Crippen MR) is 58.8 cm³/mol. The van der Waals surface area contributed by atoms with E-state index >= 15 is 0 Å². The predicted octanol–water partition coefficient (Wildman–Crippen LogP) is 3.04. The van der Waals surface area contributed by atoms with Crippen molar-refractivity contribution in [2.24, 2.45) is 0 Å². The van der Waals surface area contributed by atoms with Crippen LogP contribution in [0.2, 0.25) is 0 Å². The lowest BCUT2D eigenvalue weighted by molar-refractivity contribution is 0.104. The van der Waals surface area contributed by atoms with Crippen LogP contribution in [-0.4, -0.2) is 12.4 Å². The highest BCUT2D eigenvalue weighted by Crippen LogP contribution is 2.17. The SMILES string of the molecule is CCO/C=C/C(=O)c1ccc(CC)s1. The Balaban J connectivity index is 2.60. The van der Waals surface area contributed by atoms with E-state index < -0.39 is 0 Å². The highest BCUT2D eigenvalue weighted by Gasteiger charge is 2.04. The molecule has 0 saturated carbocycles. The Kier molecular flexibility index (Phi) is 4.40. The van der Waals surface area contributed by atoms with Gasteiger partial charge in [-0.15, -0.1) is 11.3 Å². The van der Waals surface area contributed by atoms with E-state index in [4.69, 9.17) is 4.74 Å². The number of aryl methyl sites for hydroxylation is 1. The fourth-order valence-corrected chi connectivity index (χ4v) is 1.86. The summed E-state index contributed by atoms with van der Waals surface area (Å²) in [4.78, 5) is 13.5. The van der Waals surface area contributed by atoms with Crippen LogP contribution >= 0.6 is 11.3 Å². The van der Waals surface area contributed by atoms with Crippen molar-refractivity contribution in [2.45, 2.75) is 20.3 Å². The highest BCUT2D eigenvalue weighted by atomic mass is 32.1. The molecule has 0 aliphatic rings. The van der Waals surface area contributed by atoms with Gasteiger partial charge in [-0.25, -0.2) is 0 Å². The zero-order valence-electron chi connectivity index (χ0n) is 8.45. The average Bonchev–Trinajstić information content (AvgIpc) is 2.66. The van der Waals surface area contributed by atoms with Gasteiger partial charge in [-0.3, -0.25) is 4.79 Å². The molecule has 0 atom stereocenters. The van der Waals surface area contributed by atoms with E-state index in [-0.39, 0.29) is 5.78 Å². The summed E-state index contributed by atoms with van der Waals surface area (Å²) in [5.74, 6) is 0.0168. The zero-order chi connectivity index (χ0) is 10.4. The fraction of sp³-hybridized carbons (Fsp3) is 0.364. The molecule has 76 valence electrons. The van der Waals surface area contributed by atoms with Crippen LogP contribution < -0.4 is 0 Å². The average molecular weight is 210 g/mol. The maximum atomic E-state index is 11.5. The molecule has 0 saturated heterocycles. The summed E-state index contributed by atoms with van der Waals surface area (Å²) < 4.78 is 4.96. The van der Waals surface area contributed by atoms with Crippen molar-refractivity contribution in [3.05, 3.63) is 34.2 Å². The number of carbonyl (C=O) groups excluding carboxylic acids is 1. The van der Waals surface area contributed by atoms with Gasteiger partial charge in [0, 0.05) is 11.0 Å². The Morgan fingerprint density at radius 2 is 2.29 bits per heavy atom. The number of rotatable bonds is 5. The van der Waals surface area contributed by atoms with Gasteiger partial charge >= 0.3 is 0 Å². The van der Waals surface area contributed by atoms with E-state index in [2.05, 4.69) is 6.92 Å². The van der Waals surface area contributed by atoms with E-state index in [0.29, 0.717) is 6.61 Å². The van der Waals surface area contributed by atoms with Gasteiger partial charge in [-0.1, -0.05) is 6.92 Å². The first-order chi connectivity index (χ1) is 6.77. The van der Waals surface area contributed by atoms with Crippen LogP contribution in [-0.2, 0) is 11.2 Å². The molecule has 1 rings (SSSR count). The van der Waals surface area contributed by atoms with Gasteiger partial charge in [0.15, 0.2) is 5.78 Å². The normalized spacial score (nSPS) is 10.7. The van der Waals surface area contributed by atoms with E-state index in [1.54, 1.807) is 11.3 Å². The van der Waals surface area contributed by atoms with Gasteiger partial charge in [-0.05, 0) is 25.5 Å². The first-order valence-electron chi connectivity index (χ1n) is 4.69. The summed E-state index contributed by atoms with van der Waals surface area (Å²) in [6, 6.07) is 3.86. The van der Waals surface area contributed by atoms with Gasteiger partial charge in [0.25, 0.3) is 0 Å². The molecule has 0 N–H and O–H groups in total. The third-order valence-electron chi connectivity index (χ3n) is 1.74. The van der Waals surface area contributed by atoms with Crippen LogP contribution in [0.15, 0.2) is 24.5 Å². The Hall–Kier alpha value is -1.09. The molecule has 0 aliphatic carbocycles. The Morgan fingerprint density at radius 3 is 2.86 bits per heavy atom. The molecular weight excluding hydrogens is 196 g/mol. The third kappa shape index (κ3) is 3.00. The van der Waals surface area contributed by atoms with E-state index in [0.717, 1.165) is 11.3 Å². The first-order valence-corrected chi connectivity index (χ1v) is 5.50. The van der Waals surface area contributed by atoms with Crippen molar-refractivity contribution in [1.82, 2.24) is 0 Å². The van der Waals surface area contributed by atoms with E-state index in [1.807, 2.05) is 19.1 Å². The van der Waals surface area contributed by atoms with Gasteiger partial charge in [0.1, 0.15) is 0 Å². The Morgan fingerprint density at radius 1 is 1.50 bits per heavy atom. The number of carbonyl (C=O) groups is 1. The second kappa shape index (κ2) is 5.60. The molecule has 0 radical (unpaired) electrons. The smallest absolute Gasteiger partial charge is 0.198 e. The van der Waals surface area contributed by atoms with Crippen molar-refractivity contribution in [1.29, 1.82) is 0 Å². The summed E-state index contributed by atoms with van der Waals surface area (Å²) in [5.41, 5.74) is 0. The Bertz CT molecular complexity index is 326. The number of hydrogen-bond acceptors (Lipinski definition) is 3. The molecule has 2 nitrogen and oxygen atoms in total. The molecule has 0 fully saturated rings. The van der Waals surface area contributed by atoms with Crippen molar-refractivity contribution < 1.29 is 9.53 Å². The van der Waals surface area contributed by atoms with E-state index in [9.17, 15) is 4.79 Å². The van der Waals surface area contributed by atoms with Crippen LogP contribution in [0, 0.1) is 0 Å². The van der Waals surface area contributed by atoms with Crippen molar-refractivity contribution in [3.8, 4) is 0 Å². The summed E-state index contributed by atoms with van der Waals surface area (Å²) in [7, 11) is 0. The molecule has 0 amide bonds. The Labute approximate surface area is 88.2 Å². The second-order valence-electron chi connectivity index (χ2n) is 2.74. The number of allylic oxidation sites excluding steroid dienone is 1. The molecule has 0 aliphatic heterocycles. The van der Waals surface area contributed by atoms with Crippen LogP contribution in [0.5, 0.6) is 0 Å².